The Hall–Kier alpha value is -2.13. The van der Waals surface area contributed by atoms with Gasteiger partial charge in [-0.2, -0.15) is 0 Å². The van der Waals surface area contributed by atoms with Gasteiger partial charge in [0.25, 0.3) is 0 Å². The summed E-state index contributed by atoms with van der Waals surface area (Å²) in [6.07, 6.45) is 0. The molecule has 3 heterocycles. The smallest absolute Gasteiger partial charge is 0.239 e. The van der Waals surface area contributed by atoms with Crippen LogP contribution in [-0.4, -0.2) is 35.6 Å². The van der Waals surface area contributed by atoms with E-state index in [1.807, 2.05) is 30.5 Å². The number of hydrogen-bond acceptors (Lipinski definition) is 7. The summed E-state index contributed by atoms with van der Waals surface area (Å²) >= 11 is 4.81. The maximum atomic E-state index is 13.1. The van der Waals surface area contributed by atoms with Gasteiger partial charge in [0.15, 0.2) is 17.5 Å². The predicted molar refractivity (Wildman–Crippen MR) is 96.9 cm³/mol. The van der Waals surface area contributed by atoms with Crippen molar-refractivity contribution in [1.29, 1.82) is 0 Å². The molecule has 0 spiro atoms. The summed E-state index contributed by atoms with van der Waals surface area (Å²) in [4.78, 5) is 23.6. The van der Waals surface area contributed by atoms with Crippen LogP contribution in [0.4, 0.5) is 0 Å². The van der Waals surface area contributed by atoms with Gasteiger partial charge in [-0.05, 0) is 40.5 Å². The van der Waals surface area contributed by atoms with Gasteiger partial charge in [0.1, 0.15) is 15.1 Å². The maximum Gasteiger partial charge on any atom is 0.239 e. The molecule has 0 unspecified atom stereocenters. The number of thiazole rings is 1. The van der Waals surface area contributed by atoms with Gasteiger partial charge >= 0.3 is 0 Å². The van der Waals surface area contributed by atoms with Crippen LogP contribution in [0.3, 0.4) is 0 Å². The van der Waals surface area contributed by atoms with Crippen LogP contribution in [0.5, 0.6) is 11.5 Å². The number of aromatic nitrogens is 1. The molecule has 2 aliphatic rings. The molecule has 9 heteroatoms. The van der Waals surface area contributed by atoms with E-state index in [0.717, 1.165) is 5.56 Å². The van der Waals surface area contributed by atoms with E-state index in [1.54, 1.807) is 7.05 Å². The molecule has 0 fully saturated rings. The molecule has 2 aliphatic heterocycles. The van der Waals surface area contributed by atoms with Crippen molar-refractivity contribution in [3.63, 3.8) is 0 Å². The monoisotopic (exact) mass is 422 g/mol. The SMILES string of the molecule is CN1C(=O)[C@@H](c2ccc3c(c2)OCO3)[C@@](C)(c2nc(Br)cs2)N=C1N. The largest absolute Gasteiger partial charge is 0.454 e. The molecule has 0 bridgehead atoms. The Balaban J connectivity index is 1.89. The Kier molecular flexibility index (Phi) is 3.73. The molecule has 0 saturated heterocycles. The topological polar surface area (TPSA) is 90.0 Å². The summed E-state index contributed by atoms with van der Waals surface area (Å²) < 4.78 is 11.5. The van der Waals surface area contributed by atoms with Crippen LogP contribution in [0, 0.1) is 0 Å². The Bertz CT molecular complexity index is 899. The second kappa shape index (κ2) is 5.70. The normalized spacial score (nSPS) is 25.2. The van der Waals surface area contributed by atoms with Gasteiger partial charge < -0.3 is 15.2 Å². The molecule has 0 radical (unpaired) electrons. The van der Waals surface area contributed by atoms with Crippen molar-refractivity contribution < 1.29 is 14.3 Å². The zero-order chi connectivity index (χ0) is 17.8. The number of carbonyl (C=O) groups excluding carboxylic acids is 1. The van der Waals surface area contributed by atoms with Crippen LogP contribution in [0.2, 0.25) is 0 Å². The zero-order valence-electron chi connectivity index (χ0n) is 13.5. The number of likely N-dealkylation sites (N-methyl/N-ethyl adjacent to an activating group) is 1. The fourth-order valence-corrected chi connectivity index (χ4v) is 4.53. The van der Waals surface area contributed by atoms with E-state index >= 15 is 0 Å². The first-order valence-corrected chi connectivity index (χ1v) is 9.21. The standard InChI is InChI=1S/C16H15BrN4O3S/c1-16(14-19-11(17)6-25-14)12(13(22)21(2)15(18)20-16)8-3-4-9-10(5-8)24-7-23-9/h3-6,12H,7H2,1-2H3,(H2,18,20)/t12-,16+/m1/s1. The average Bonchev–Trinajstić information content (AvgIpc) is 3.21. The minimum absolute atomic E-state index is 0.139. The molecular formula is C16H15BrN4O3S. The van der Waals surface area contributed by atoms with Crippen LogP contribution in [-0.2, 0) is 10.3 Å². The number of aliphatic imine (C=N–C) groups is 1. The highest BCUT2D eigenvalue weighted by Crippen LogP contribution is 2.47. The molecule has 0 aliphatic carbocycles. The summed E-state index contributed by atoms with van der Waals surface area (Å²) in [5.74, 6) is 0.758. The van der Waals surface area contributed by atoms with Crippen molar-refractivity contribution in [2.45, 2.75) is 18.4 Å². The highest BCUT2D eigenvalue weighted by Gasteiger charge is 2.49. The van der Waals surface area contributed by atoms with Crippen molar-refractivity contribution in [3.8, 4) is 11.5 Å². The minimum atomic E-state index is -0.905. The number of amides is 1. The number of benzene rings is 1. The third kappa shape index (κ3) is 2.49. The van der Waals surface area contributed by atoms with Crippen LogP contribution >= 0.6 is 27.3 Å². The first-order chi connectivity index (χ1) is 11.9. The molecule has 2 N–H and O–H groups in total. The number of guanidine groups is 1. The van der Waals surface area contributed by atoms with Crippen LogP contribution < -0.4 is 15.2 Å². The van der Waals surface area contributed by atoms with Crippen molar-refractivity contribution in [1.82, 2.24) is 9.88 Å². The Morgan fingerprint density at radius 1 is 1.40 bits per heavy atom. The van der Waals surface area contributed by atoms with Crippen LogP contribution in [0.25, 0.3) is 0 Å². The number of rotatable bonds is 2. The number of ether oxygens (including phenoxy) is 2. The number of halogens is 1. The zero-order valence-corrected chi connectivity index (χ0v) is 15.9. The van der Waals surface area contributed by atoms with Crippen LogP contribution in [0.1, 0.15) is 23.4 Å². The molecule has 1 amide bonds. The quantitative estimate of drug-likeness (QED) is 0.802. The highest BCUT2D eigenvalue weighted by molar-refractivity contribution is 9.10. The molecule has 25 heavy (non-hydrogen) atoms. The number of carbonyl (C=O) groups is 1. The first kappa shape index (κ1) is 16.3. The van der Waals surface area contributed by atoms with E-state index in [4.69, 9.17) is 15.2 Å². The lowest BCUT2D eigenvalue weighted by Crippen LogP contribution is -2.52. The van der Waals surface area contributed by atoms with Gasteiger partial charge in [0, 0.05) is 12.4 Å². The fourth-order valence-electron chi connectivity index (χ4n) is 3.14. The first-order valence-electron chi connectivity index (χ1n) is 7.54. The van der Waals surface area contributed by atoms with E-state index in [2.05, 4.69) is 25.9 Å². The molecule has 130 valence electrons. The molecule has 1 aromatic heterocycles. The van der Waals surface area contributed by atoms with Gasteiger partial charge in [0.05, 0.1) is 5.92 Å². The number of hydrogen-bond donors (Lipinski definition) is 1. The maximum absolute atomic E-state index is 13.1. The van der Waals surface area contributed by atoms with Gasteiger partial charge in [0.2, 0.25) is 12.7 Å². The number of nitrogens with zero attached hydrogens (tertiary/aromatic N) is 3. The van der Waals surface area contributed by atoms with Gasteiger partial charge in [-0.25, -0.2) is 9.98 Å². The lowest BCUT2D eigenvalue weighted by Gasteiger charge is -2.39. The molecule has 0 saturated carbocycles. The van der Waals surface area contributed by atoms with Crippen molar-refractivity contribution in [2.75, 3.05) is 13.8 Å². The van der Waals surface area contributed by atoms with E-state index in [0.29, 0.717) is 21.1 Å². The average molecular weight is 423 g/mol. The molecule has 2 aromatic rings. The molecule has 4 rings (SSSR count). The molecule has 2 atom stereocenters. The summed E-state index contributed by atoms with van der Waals surface area (Å²) in [6.45, 7) is 2.06. The third-order valence-corrected chi connectivity index (χ3v) is 6.25. The van der Waals surface area contributed by atoms with E-state index in [-0.39, 0.29) is 18.7 Å². The fraction of sp³-hybridized carbons (Fsp3) is 0.312. The number of nitrogens with two attached hydrogens (primary N) is 1. The summed E-state index contributed by atoms with van der Waals surface area (Å²) in [5.41, 5.74) is 5.87. The Labute approximate surface area is 156 Å². The molecule has 1 aromatic carbocycles. The summed E-state index contributed by atoms with van der Waals surface area (Å²) in [6, 6.07) is 5.50. The van der Waals surface area contributed by atoms with E-state index in [1.165, 1.54) is 16.2 Å². The number of fused-ring (bicyclic) bond motifs is 1. The van der Waals surface area contributed by atoms with Gasteiger partial charge in [-0.15, -0.1) is 11.3 Å². The Morgan fingerprint density at radius 3 is 2.88 bits per heavy atom. The predicted octanol–water partition coefficient (Wildman–Crippen LogP) is 2.42. The second-order valence-electron chi connectivity index (χ2n) is 6.04. The lowest BCUT2D eigenvalue weighted by molar-refractivity contribution is -0.130. The van der Waals surface area contributed by atoms with Gasteiger partial charge in [-0.1, -0.05) is 6.07 Å². The van der Waals surface area contributed by atoms with E-state index < -0.39 is 11.5 Å². The van der Waals surface area contributed by atoms with E-state index in [9.17, 15) is 4.79 Å². The summed E-state index contributed by atoms with van der Waals surface area (Å²) in [7, 11) is 1.62. The third-order valence-electron chi connectivity index (χ3n) is 4.47. The summed E-state index contributed by atoms with van der Waals surface area (Å²) in [5, 5.41) is 2.58. The lowest BCUT2D eigenvalue weighted by atomic mass is 9.79. The molecule has 7 nitrogen and oxygen atoms in total. The van der Waals surface area contributed by atoms with Gasteiger partial charge in [-0.3, -0.25) is 9.69 Å². The second-order valence-corrected chi connectivity index (χ2v) is 7.71. The molecular weight excluding hydrogens is 408 g/mol. The Morgan fingerprint density at radius 2 is 2.16 bits per heavy atom. The highest BCUT2D eigenvalue weighted by atomic mass is 79.9. The minimum Gasteiger partial charge on any atom is -0.454 e. The van der Waals surface area contributed by atoms with Crippen molar-refractivity contribution in [2.24, 2.45) is 10.7 Å². The van der Waals surface area contributed by atoms with Crippen LogP contribution in [0.15, 0.2) is 33.2 Å². The van der Waals surface area contributed by atoms with Crippen molar-refractivity contribution >= 4 is 39.1 Å². The van der Waals surface area contributed by atoms with Crippen molar-refractivity contribution in [3.05, 3.63) is 38.8 Å².